The largest absolute Gasteiger partial charge is 0.491 e. The Balaban J connectivity index is 1.51. The molecule has 0 spiro atoms. The molecule has 1 atom stereocenters. The summed E-state index contributed by atoms with van der Waals surface area (Å²) in [6, 6.07) is 18.1. The van der Waals surface area contributed by atoms with Gasteiger partial charge in [-0.05, 0) is 93.8 Å². The molecular weight excluding hydrogens is 622 g/mol. The van der Waals surface area contributed by atoms with Crippen LogP contribution in [0.2, 0.25) is 0 Å². The molecule has 5 rings (SSSR count). The van der Waals surface area contributed by atoms with E-state index in [9.17, 15) is 19.7 Å². The smallest absolute Gasteiger partial charge is 0.338 e. The molecule has 1 aromatic heterocycles. The Morgan fingerprint density at radius 2 is 1.74 bits per heavy atom. The third-order valence-corrected chi connectivity index (χ3v) is 8.17. The summed E-state index contributed by atoms with van der Waals surface area (Å²) in [6.45, 7) is 9.97. The molecule has 47 heavy (non-hydrogen) atoms. The number of benzene rings is 3. The second kappa shape index (κ2) is 14.5. The standard InChI is InChI=1S/C35H35N3O8S/c1-6-43-29-18-24(10-17-28(29)45-20-23-8-13-26(14-9-23)38(41)42)19-30-33(39)37-32(25-11-15-27(16-12-25)46-21(3)4)31(34(40)44-7-2)22(5)36-35(37)47-30/h8-19,21,32H,6-7,20H2,1-5H3/b30-19-/t32-/m1/s1. The third kappa shape index (κ3) is 7.44. The fraction of sp³-hybridized carbons (Fsp3) is 0.286. The van der Waals surface area contributed by atoms with E-state index in [-0.39, 0.29) is 30.6 Å². The SMILES string of the molecule is CCOC(=O)C1=C(C)N=c2s/c(=C\c3ccc(OCc4ccc([N+](=O)[O-])cc4)c(OCC)c3)c(=O)n2[C@@H]1c1ccc(OC(C)C)cc1. The number of nitro benzene ring substituents is 1. The summed E-state index contributed by atoms with van der Waals surface area (Å²) in [4.78, 5) is 42.9. The molecule has 0 radical (unpaired) electrons. The predicted molar refractivity (Wildman–Crippen MR) is 178 cm³/mol. The molecule has 0 saturated heterocycles. The van der Waals surface area contributed by atoms with Crippen molar-refractivity contribution in [3.63, 3.8) is 0 Å². The van der Waals surface area contributed by atoms with Gasteiger partial charge in [0.2, 0.25) is 0 Å². The molecule has 2 heterocycles. The van der Waals surface area contributed by atoms with E-state index in [2.05, 4.69) is 4.99 Å². The van der Waals surface area contributed by atoms with Crippen molar-refractivity contribution in [1.29, 1.82) is 0 Å². The lowest BCUT2D eigenvalue weighted by Gasteiger charge is -2.25. The van der Waals surface area contributed by atoms with Crippen LogP contribution >= 0.6 is 11.3 Å². The molecule has 0 aliphatic carbocycles. The van der Waals surface area contributed by atoms with Crippen molar-refractivity contribution in [2.45, 2.75) is 53.4 Å². The lowest BCUT2D eigenvalue weighted by atomic mass is 9.96. The van der Waals surface area contributed by atoms with Gasteiger partial charge in [-0.25, -0.2) is 9.79 Å². The molecule has 0 saturated carbocycles. The second-order valence-corrected chi connectivity index (χ2v) is 11.9. The van der Waals surface area contributed by atoms with Gasteiger partial charge >= 0.3 is 5.97 Å². The quantitative estimate of drug-likeness (QED) is 0.111. The van der Waals surface area contributed by atoms with E-state index < -0.39 is 16.9 Å². The number of carbonyl (C=O) groups excluding carboxylic acids is 1. The fourth-order valence-electron chi connectivity index (χ4n) is 5.14. The number of thiazole rings is 1. The van der Waals surface area contributed by atoms with Crippen LogP contribution in [0, 0.1) is 10.1 Å². The summed E-state index contributed by atoms with van der Waals surface area (Å²) in [5.41, 5.74) is 2.68. The molecule has 0 unspecified atom stereocenters. The van der Waals surface area contributed by atoms with Crippen LogP contribution < -0.4 is 29.1 Å². The number of allylic oxidation sites excluding steroid dienone is 1. The van der Waals surface area contributed by atoms with Gasteiger partial charge in [0.25, 0.3) is 11.2 Å². The zero-order chi connectivity index (χ0) is 33.7. The van der Waals surface area contributed by atoms with Crippen LogP contribution in [0.5, 0.6) is 17.2 Å². The normalized spacial score (nSPS) is 14.4. The number of hydrogen-bond acceptors (Lipinski definition) is 10. The molecule has 0 fully saturated rings. The number of hydrogen-bond donors (Lipinski definition) is 0. The minimum Gasteiger partial charge on any atom is -0.491 e. The number of nitrogens with zero attached hydrogens (tertiary/aromatic N) is 3. The Morgan fingerprint density at radius 1 is 1.02 bits per heavy atom. The summed E-state index contributed by atoms with van der Waals surface area (Å²) in [6.07, 6.45) is 1.75. The lowest BCUT2D eigenvalue weighted by Crippen LogP contribution is -2.39. The summed E-state index contributed by atoms with van der Waals surface area (Å²) in [5.74, 6) is 1.13. The average Bonchev–Trinajstić information content (AvgIpc) is 3.34. The van der Waals surface area contributed by atoms with Gasteiger partial charge in [-0.1, -0.05) is 29.5 Å². The molecule has 1 aliphatic heterocycles. The number of esters is 1. The van der Waals surface area contributed by atoms with Gasteiger partial charge in [0.1, 0.15) is 12.4 Å². The van der Waals surface area contributed by atoms with Crippen LogP contribution in [0.15, 0.2) is 87.8 Å². The molecule has 12 heteroatoms. The number of rotatable bonds is 12. The zero-order valence-electron chi connectivity index (χ0n) is 26.7. The van der Waals surface area contributed by atoms with E-state index in [4.69, 9.17) is 18.9 Å². The predicted octanol–water partition coefficient (Wildman–Crippen LogP) is 5.47. The fourth-order valence-corrected chi connectivity index (χ4v) is 6.18. The second-order valence-electron chi connectivity index (χ2n) is 10.9. The zero-order valence-corrected chi connectivity index (χ0v) is 27.5. The van der Waals surface area contributed by atoms with Gasteiger partial charge in [-0.2, -0.15) is 0 Å². The summed E-state index contributed by atoms with van der Waals surface area (Å²) < 4.78 is 25.0. The number of non-ortho nitro benzene ring substituents is 1. The number of ether oxygens (including phenoxy) is 4. The molecule has 11 nitrogen and oxygen atoms in total. The van der Waals surface area contributed by atoms with Gasteiger partial charge in [0, 0.05) is 12.1 Å². The van der Waals surface area contributed by atoms with E-state index in [1.165, 1.54) is 23.5 Å². The molecule has 0 amide bonds. The molecular formula is C35H35N3O8S. The van der Waals surface area contributed by atoms with Crippen LogP contribution in [0.3, 0.4) is 0 Å². The average molecular weight is 658 g/mol. The van der Waals surface area contributed by atoms with Crippen molar-refractivity contribution in [2.75, 3.05) is 13.2 Å². The topological polar surface area (TPSA) is 131 Å². The molecule has 0 N–H and O–H groups in total. The Kier molecular flexibility index (Phi) is 10.2. The molecule has 1 aliphatic rings. The molecule has 244 valence electrons. The van der Waals surface area contributed by atoms with Crippen LogP contribution in [0.4, 0.5) is 5.69 Å². The first-order valence-electron chi connectivity index (χ1n) is 15.2. The van der Waals surface area contributed by atoms with Gasteiger partial charge in [0.15, 0.2) is 16.3 Å². The van der Waals surface area contributed by atoms with Crippen molar-refractivity contribution >= 4 is 29.1 Å². The number of nitro groups is 1. The maximum absolute atomic E-state index is 14.0. The maximum Gasteiger partial charge on any atom is 0.338 e. The first-order chi connectivity index (χ1) is 22.6. The van der Waals surface area contributed by atoms with Crippen LogP contribution in [-0.4, -0.2) is 34.8 Å². The number of aromatic nitrogens is 1. The highest BCUT2D eigenvalue weighted by Gasteiger charge is 2.33. The highest BCUT2D eigenvalue weighted by molar-refractivity contribution is 7.07. The van der Waals surface area contributed by atoms with Gasteiger partial charge < -0.3 is 18.9 Å². The van der Waals surface area contributed by atoms with Crippen molar-refractivity contribution in [1.82, 2.24) is 4.57 Å². The van der Waals surface area contributed by atoms with E-state index in [0.717, 1.165) is 11.1 Å². The van der Waals surface area contributed by atoms with Crippen molar-refractivity contribution in [3.8, 4) is 17.2 Å². The van der Waals surface area contributed by atoms with E-state index in [1.54, 1.807) is 48.8 Å². The molecule has 0 bridgehead atoms. The number of carbonyl (C=O) groups is 1. The summed E-state index contributed by atoms with van der Waals surface area (Å²) in [7, 11) is 0. The van der Waals surface area contributed by atoms with E-state index >= 15 is 0 Å². The van der Waals surface area contributed by atoms with E-state index in [1.807, 2.05) is 51.1 Å². The van der Waals surface area contributed by atoms with Gasteiger partial charge in [0.05, 0.1) is 46.1 Å². The van der Waals surface area contributed by atoms with Crippen molar-refractivity contribution in [2.24, 2.45) is 4.99 Å². The van der Waals surface area contributed by atoms with Gasteiger partial charge in [-0.3, -0.25) is 19.5 Å². The lowest BCUT2D eigenvalue weighted by molar-refractivity contribution is -0.384. The first kappa shape index (κ1) is 33.1. The summed E-state index contributed by atoms with van der Waals surface area (Å²) in [5, 5.41) is 11.0. The Bertz CT molecular complexity index is 1990. The van der Waals surface area contributed by atoms with Crippen molar-refractivity contribution in [3.05, 3.63) is 124 Å². The Labute approximate surface area is 275 Å². The van der Waals surface area contributed by atoms with Crippen LogP contribution in [0.1, 0.15) is 57.4 Å². The molecule has 4 aromatic rings. The monoisotopic (exact) mass is 657 g/mol. The van der Waals surface area contributed by atoms with E-state index in [0.29, 0.717) is 50.0 Å². The minimum atomic E-state index is -0.741. The Hall–Kier alpha value is -5.23. The Morgan fingerprint density at radius 3 is 2.38 bits per heavy atom. The number of fused-ring (bicyclic) bond motifs is 1. The van der Waals surface area contributed by atoms with Crippen molar-refractivity contribution < 1.29 is 28.7 Å². The van der Waals surface area contributed by atoms with Crippen LogP contribution in [-0.2, 0) is 16.1 Å². The minimum absolute atomic E-state index is 0.00493. The van der Waals surface area contributed by atoms with Crippen LogP contribution in [0.25, 0.3) is 6.08 Å². The summed E-state index contributed by atoms with van der Waals surface area (Å²) >= 11 is 1.23. The maximum atomic E-state index is 14.0. The first-order valence-corrected chi connectivity index (χ1v) is 16.0. The van der Waals surface area contributed by atoms with Gasteiger partial charge in [-0.15, -0.1) is 0 Å². The third-order valence-electron chi connectivity index (χ3n) is 7.19. The highest BCUT2D eigenvalue weighted by Crippen LogP contribution is 2.32. The highest BCUT2D eigenvalue weighted by atomic mass is 32.1. The molecule has 3 aromatic carbocycles.